The van der Waals surface area contributed by atoms with Gasteiger partial charge in [-0.3, -0.25) is 0 Å². The van der Waals surface area contributed by atoms with E-state index in [2.05, 4.69) is 35.7 Å². The van der Waals surface area contributed by atoms with Crippen LogP contribution in [-0.4, -0.2) is 18.6 Å². The van der Waals surface area contributed by atoms with Crippen LogP contribution in [0.2, 0.25) is 0 Å². The fourth-order valence-corrected chi connectivity index (χ4v) is 5.69. The summed E-state index contributed by atoms with van der Waals surface area (Å²) in [5.41, 5.74) is 2.05. The first-order valence-electron chi connectivity index (χ1n) is 7.59. The summed E-state index contributed by atoms with van der Waals surface area (Å²) in [4.78, 5) is 3.53. The van der Waals surface area contributed by atoms with Gasteiger partial charge in [-0.25, -0.2) is 0 Å². The molecule has 0 spiro atoms. The zero-order valence-corrected chi connectivity index (χ0v) is 11.3. The lowest BCUT2D eigenvalue weighted by Gasteiger charge is -2.60. The van der Waals surface area contributed by atoms with Gasteiger partial charge in [-0.2, -0.15) is 0 Å². The van der Waals surface area contributed by atoms with Gasteiger partial charge in [0.25, 0.3) is 0 Å². The molecule has 4 aliphatic carbocycles. The van der Waals surface area contributed by atoms with E-state index in [1.807, 2.05) is 0 Å². The van der Waals surface area contributed by atoms with Crippen LogP contribution in [0.5, 0.6) is 0 Å². The van der Waals surface area contributed by atoms with E-state index < -0.39 is 0 Å². The Balaban J connectivity index is 1.67. The molecule has 2 atom stereocenters. The minimum atomic E-state index is 0.518. The number of H-pyrrole nitrogens is 1. The van der Waals surface area contributed by atoms with Crippen molar-refractivity contribution in [2.45, 2.75) is 37.5 Å². The molecule has 2 N–H and O–H groups in total. The molecule has 18 heavy (non-hydrogen) atoms. The van der Waals surface area contributed by atoms with Crippen molar-refractivity contribution in [3.8, 4) is 0 Å². The van der Waals surface area contributed by atoms with Gasteiger partial charge in [-0.15, -0.1) is 0 Å². The van der Waals surface area contributed by atoms with Gasteiger partial charge in [0.1, 0.15) is 0 Å². The van der Waals surface area contributed by atoms with Crippen molar-refractivity contribution in [2.24, 2.45) is 23.7 Å². The van der Waals surface area contributed by atoms with Crippen molar-refractivity contribution in [3.05, 3.63) is 24.0 Å². The topological polar surface area (TPSA) is 27.8 Å². The number of aromatic nitrogens is 1. The summed E-state index contributed by atoms with van der Waals surface area (Å²) in [6.07, 6.45) is 9.45. The monoisotopic (exact) mass is 244 g/mol. The molecular weight excluding hydrogens is 220 g/mol. The number of aromatic amines is 1. The summed E-state index contributed by atoms with van der Waals surface area (Å²) in [6, 6.07) is 4.51. The molecule has 5 rings (SSSR count). The molecule has 0 saturated heterocycles. The molecule has 0 radical (unpaired) electrons. The van der Waals surface area contributed by atoms with Crippen molar-refractivity contribution in [2.75, 3.05) is 13.6 Å². The van der Waals surface area contributed by atoms with Crippen LogP contribution >= 0.6 is 0 Å². The third-order valence-corrected chi connectivity index (χ3v) is 6.08. The summed E-state index contributed by atoms with van der Waals surface area (Å²) in [5.74, 6) is 3.92. The lowest BCUT2D eigenvalue weighted by atomic mass is 9.45. The Morgan fingerprint density at radius 3 is 2.67 bits per heavy atom. The fourth-order valence-electron chi connectivity index (χ4n) is 5.69. The molecule has 98 valence electrons. The van der Waals surface area contributed by atoms with Crippen LogP contribution in [-0.2, 0) is 5.41 Å². The van der Waals surface area contributed by atoms with Crippen molar-refractivity contribution >= 4 is 0 Å². The smallest absolute Gasteiger partial charge is 0.0210 e. The Bertz CT molecular complexity index is 406. The Kier molecular flexibility index (Phi) is 2.38. The third-order valence-electron chi connectivity index (χ3n) is 6.08. The van der Waals surface area contributed by atoms with Crippen LogP contribution in [0.3, 0.4) is 0 Å². The highest BCUT2D eigenvalue weighted by Crippen LogP contribution is 2.62. The molecule has 1 aromatic heterocycles. The van der Waals surface area contributed by atoms with E-state index in [0.29, 0.717) is 5.41 Å². The first kappa shape index (κ1) is 11.1. The molecule has 1 aromatic rings. The lowest BCUT2D eigenvalue weighted by Crippen LogP contribution is -2.55. The normalized spacial score (nSPS) is 45.6. The van der Waals surface area contributed by atoms with Gasteiger partial charge >= 0.3 is 0 Å². The molecule has 2 nitrogen and oxygen atoms in total. The van der Waals surface area contributed by atoms with E-state index >= 15 is 0 Å². The molecular formula is C16H24N2. The Morgan fingerprint density at radius 2 is 2.06 bits per heavy atom. The number of nitrogens with one attached hydrogen (secondary N) is 2. The average molecular weight is 244 g/mol. The Labute approximate surface area is 110 Å². The highest BCUT2D eigenvalue weighted by Gasteiger charge is 2.55. The second-order valence-corrected chi connectivity index (χ2v) is 7.06. The molecule has 0 aromatic carbocycles. The maximum absolute atomic E-state index is 3.53. The highest BCUT2D eigenvalue weighted by atomic mass is 14.8. The predicted molar refractivity (Wildman–Crippen MR) is 73.4 cm³/mol. The predicted octanol–water partition coefficient (Wildman–Crippen LogP) is 2.93. The van der Waals surface area contributed by atoms with E-state index in [1.165, 1.54) is 44.3 Å². The van der Waals surface area contributed by atoms with E-state index in [-0.39, 0.29) is 0 Å². The van der Waals surface area contributed by atoms with Gasteiger partial charge in [-0.1, -0.05) is 0 Å². The summed E-state index contributed by atoms with van der Waals surface area (Å²) in [7, 11) is 2.12. The third kappa shape index (κ3) is 1.45. The molecule has 4 aliphatic rings. The molecule has 4 fully saturated rings. The number of hydrogen-bond acceptors (Lipinski definition) is 1. The van der Waals surface area contributed by atoms with Gasteiger partial charge in [0.05, 0.1) is 0 Å². The average Bonchev–Trinajstić information content (AvgIpc) is 2.87. The van der Waals surface area contributed by atoms with Crippen molar-refractivity contribution in [1.82, 2.24) is 10.3 Å². The molecule has 4 saturated carbocycles. The van der Waals surface area contributed by atoms with Gasteiger partial charge in [0.15, 0.2) is 0 Å². The standard InChI is InChI=1S/C16H24N2/c1-17-10-14-12-5-11-6-13(14)9-16(7-11,8-12)15-3-2-4-18-15/h2-4,11-14,17-18H,5-10H2,1H3. The maximum atomic E-state index is 3.53. The Hall–Kier alpha value is -0.760. The van der Waals surface area contributed by atoms with Crippen LogP contribution in [0, 0.1) is 23.7 Å². The zero-order chi connectivity index (χ0) is 12.2. The largest absolute Gasteiger partial charge is 0.365 e. The molecule has 0 amide bonds. The van der Waals surface area contributed by atoms with Crippen LogP contribution in [0.1, 0.15) is 37.8 Å². The summed E-state index contributed by atoms with van der Waals surface area (Å²) >= 11 is 0. The second-order valence-electron chi connectivity index (χ2n) is 7.06. The highest BCUT2D eigenvalue weighted by molar-refractivity contribution is 5.24. The SMILES string of the molecule is CNCC1C2CC3CC1CC(c1ccc[nH]1)(C3)C2. The van der Waals surface area contributed by atoms with E-state index in [9.17, 15) is 0 Å². The van der Waals surface area contributed by atoms with E-state index in [1.54, 1.807) is 0 Å². The van der Waals surface area contributed by atoms with Gasteiger partial charge < -0.3 is 10.3 Å². The van der Waals surface area contributed by atoms with Gasteiger partial charge in [0.2, 0.25) is 0 Å². The lowest BCUT2D eigenvalue weighted by molar-refractivity contribution is -0.0560. The maximum Gasteiger partial charge on any atom is 0.0210 e. The van der Waals surface area contributed by atoms with Crippen molar-refractivity contribution in [3.63, 3.8) is 0 Å². The summed E-state index contributed by atoms with van der Waals surface area (Å²) in [6.45, 7) is 1.24. The fraction of sp³-hybridized carbons (Fsp3) is 0.750. The number of rotatable bonds is 3. The quantitative estimate of drug-likeness (QED) is 0.840. The minimum absolute atomic E-state index is 0.518. The van der Waals surface area contributed by atoms with Crippen LogP contribution in [0.25, 0.3) is 0 Å². The first-order valence-corrected chi connectivity index (χ1v) is 7.59. The molecule has 2 heteroatoms. The molecule has 0 aliphatic heterocycles. The Morgan fingerprint density at radius 1 is 1.28 bits per heavy atom. The summed E-state index contributed by atoms with van der Waals surface area (Å²) < 4.78 is 0. The second kappa shape index (κ2) is 3.86. The van der Waals surface area contributed by atoms with Crippen LogP contribution < -0.4 is 5.32 Å². The zero-order valence-electron chi connectivity index (χ0n) is 11.3. The van der Waals surface area contributed by atoms with Crippen LogP contribution in [0.4, 0.5) is 0 Å². The molecule has 2 unspecified atom stereocenters. The van der Waals surface area contributed by atoms with Crippen LogP contribution in [0.15, 0.2) is 18.3 Å². The van der Waals surface area contributed by atoms with E-state index in [4.69, 9.17) is 0 Å². The van der Waals surface area contributed by atoms with Crippen molar-refractivity contribution < 1.29 is 0 Å². The minimum Gasteiger partial charge on any atom is -0.365 e. The molecule has 1 heterocycles. The van der Waals surface area contributed by atoms with E-state index in [0.717, 1.165) is 23.7 Å². The van der Waals surface area contributed by atoms with Gasteiger partial charge in [-0.05, 0) is 81.5 Å². The molecule has 4 bridgehead atoms. The van der Waals surface area contributed by atoms with Crippen molar-refractivity contribution in [1.29, 1.82) is 0 Å². The summed E-state index contributed by atoms with van der Waals surface area (Å²) in [5, 5.41) is 3.44. The number of hydrogen-bond donors (Lipinski definition) is 2. The first-order chi connectivity index (χ1) is 8.81. The van der Waals surface area contributed by atoms with Gasteiger partial charge in [0, 0.05) is 17.3 Å².